The van der Waals surface area contributed by atoms with Crippen LogP contribution in [0, 0.1) is 6.92 Å². The van der Waals surface area contributed by atoms with E-state index in [4.69, 9.17) is 10.3 Å². The van der Waals surface area contributed by atoms with E-state index in [0.717, 1.165) is 0 Å². The van der Waals surface area contributed by atoms with Crippen molar-refractivity contribution < 1.29 is 14.4 Å². The number of amides is 1. The van der Waals surface area contributed by atoms with Crippen molar-refractivity contribution in [2.75, 3.05) is 19.3 Å². The number of hydrogen-bond donors (Lipinski definition) is 2. The van der Waals surface area contributed by atoms with Gasteiger partial charge in [0.15, 0.2) is 11.6 Å². The third kappa shape index (κ3) is 3.08. The van der Waals surface area contributed by atoms with Crippen LogP contribution in [-0.2, 0) is 10.4 Å². The average molecular weight is 417 g/mol. The molecule has 0 saturated carbocycles. The van der Waals surface area contributed by atoms with Gasteiger partial charge in [0.25, 0.3) is 5.91 Å². The Kier molecular flexibility index (Phi) is 4.19. The molecule has 10 nitrogen and oxygen atoms in total. The Morgan fingerprint density at radius 1 is 1.13 bits per heavy atom. The summed E-state index contributed by atoms with van der Waals surface area (Å²) >= 11 is 0. The minimum absolute atomic E-state index is 0.124. The van der Waals surface area contributed by atoms with E-state index >= 15 is 0 Å². The highest BCUT2D eigenvalue weighted by Crippen LogP contribution is 2.35. The molecule has 0 unspecified atom stereocenters. The molecule has 1 saturated heterocycles. The second-order valence-corrected chi connectivity index (χ2v) is 7.56. The third-order valence-corrected chi connectivity index (χ3v) is 5.43. The number of carbonyl (C=O) groups is 1. The van der Waals surface area contributed by atoms with Crippen LogP contribution in [0.5, 0.6) is 0 Å². The van der Waals surface area contributed by atoms with E-state index in [0.29, 0.717) is 51.9 Å². The first kappa shape index (κ1) is 19.1. The number of nitrogens with two attached hydrogens (primary N) is 1. The highest BCUT2D eigenvalue weighted by molar-refractivity contribution is 5.88. The van der Waals surface area contributed by atoms with Gasteiger partial charge in [-0.3, -0.25) is 9.78 Å². The van der Waals surface area contributed by atoms with Gasteiger partial charge in [-0.15, -0.1) is 0 Å². The smallest absolute Gasteiger partial charge is 0.262 e. The lowest BCUT2D eigenvalue weighted by molar-refractivity contribution is -0.144. The molecule has 0 bridgehead atoms. The van der Waals surface area contributed by atoms with Crippen LogP contribution >= 0.6 is 0 Å². The van der Waals surface area contributed by atoms with Crippen molar-refractivity contribution in [1.29, 1.82) is 0 Å². The summed E-state index contributed by atoms with van der Waals surface area (Å²) in [6.07, 6.45) is 1.88. The highest BCUT2D eigenvalue weighted by Gasteiger charge is 2.48. The lowest BCUT2D eigenvalue weighted by atomic mass is 9.98. The largest absolute Gasteiger partial charge is 0.382 e. The Morgan fingerprint density at radius 2 is 1.97 bits per heavy atom. The predicted octanol–water partition coefficient (Wildman–Crippen LogP) is 1.68. The average Bonchev–Trinajstić information content (AvgIpc) is 3.36. The molecule has 1 atom stereocenters. The normalized spacial score (nSPS) is 18.8. The van der Waals surface area contributed by atoms with Crippen molar-refractivity contribution in [3.63, 3.8) is 0 Å². The van der Waals surface area contributed by atoms with Crippen LogP contribution in [0.3, 0.4) is 0 Å². The number of aryl methyl sites for hydroxylation is 1. The van der Waals surface area contributed by atoms with Gasteiger partial charge in [0.05, 0.1) is 16.9 Å². The van der Waals surface area contributed by atoms with Gasteiger partial charge >= 0.3 is 0 Å². The van der Waals surface area contributed by atoms with Gasteiger partial charge < -0.3 is 20.3 Å². The molecular formula is C21H19N7O3. The SMILES string of the molecule is Cc1nc(N)c2nc(-c3cc(-c4cc([C@]5(O)CCN(C)C5=O)on4)ccn3)ccc2n1. The van der Waals surface area contributed by atoms with Crippen LogP contribution in [0.25, 0.3) is 33.7 Å². The molecule has 10 heteroatoms. The van der Waals surface area contributed by atoms with E-state index in [2.05, 4.69) is 25.1 Å². The first-order valence-electron chi connectivity index (χ1n) is 9.68. The maximum Gasteiger partial charge on any atom is 0.262 e. The molecule has 0 aliphatic carbocycles. The number of aromatic nitrogens is 5. The van der Waals surface area contributed by atoms with Crippen LogP contribution in [0.4, 0.5) is 5.82 Å². The minimum Gasteiger partial charge on any atom is -0.382 e. The summed E-state index contributed by atoms with van der Waals surface area (Å²) in [4.78, 5) is 31.3. The van der Waals surface area contributed by atoms with Crippen molar-refractivity contribution in [2.45, 2.75) is 18.9 Å². The first-order valence-corrected chi connectivity index (χ1v) is 9.68. The van der Waals surface area contributed by atoms with Crippen LogP contribution < -0.4 is 5.73 Å². The summed E-state index contributed by atoms with van der Waals surface area (Å²) in [5.74, 6) is 0.608. The van der Waals surface area contributed by atoms with Gasteiger partial charge in [0.1, 0.15) is 17.0 Å². The minimum atomic E-state index is -1.69. The van der Waals surface area contributed by atoms with E-state index in [1.807, 2.05) is 12.1 Å². The number of fused-ring (bicyclic) bond motifs is 1. The summed E-state index contributed by atoms with van der Waals surface area (Å²) < 4.78 is 5.34. The molecule has 0 aromatic carbocycles. The van der Waals surface area contributed by atoms with E-state index in [1.54, 1.807) is 38.4 Å². The number of likely N-dealkylation sites (N-methyl/N-ethyl adjacent to an activating group) is 1. The second-order valence-electron chi connectivity index (χ2n) is 7.56. The molecule has 0 spiro atoms. The highest BCUT2D eigenvalue weighted by atomic mass is 16.5. The third-order valence-electron chi connectivity index (χ3n) is 5.43. The zero-order chi connectivity index (χ0) is 21.8. The summed E-state index contributed by atoms with van der Waals surface area (Å²) in [5, 5.41) is 14.8. The van der Waals surface area contributed by atoms with Gasteiger partial charge in [-0.2, -0.15) is 0 Å². The summed E-state index contributed by atoms with van der Waals surface area (Å²) in [6, 6.07) is 8.78. The van der Waals surface area contributed by atoms with Crippen LogP contribution in [0.1, 0.15) is 18.0 Å². The number of likely N-dealkylation sites (tertiary alicyclic amines) is 1. The maximum absolute atomic E-state index is 12.3. The number of hydrogen-bond acceptors (Lipinski definition) is 9. The fraction of sp³-hybridized carbons (Fsp3) is 0.238. The Bertz CT molecular complexity index is 1340. The van der Waals surface area contributed by atoms with Crippen LogP contribution in [0.2, 0.25) is 0 Å². The van der Waals surface area contributed by atoms with Gasteiger partial charge in [-0.1, -0.05) is 5.16 Å². The molecule has 4 aromatic heterocycles. The number of nitrogen functional groups attached to an aromatic ring is 1. The number of rotatable bonds is 3. The number of pyridine rings is 2. The number of carbonyl (C=O) groups excluding carboxylic acids is 1. The lowest BCUT2D eigenvalue weighted by Crippen LogP contribution is -2.35. The van der Waals surface area contributed by atoms with E-state index in [9.17, 15) is 9.90 Å². The molecule has 1 amide bonds. The molecule has 3 N–H and O–H groups in total. The number of anilines is 1. The molecule has 1 aliphatic heterocycles. The topological polar surface area (TPSA) is 144 Å². The van der Waals surface area contributed by atoms with Gasteiger partial charge in [-0.25, -0.2) is 15.0 Å². The predicted molar refractivity (Wildman–Crippen MR) is 111 cm³/mol. The van der Waals surface area contributed by atoms with Crippen molar-refractivity contribution >= 4 is 22.8 Å². The van der Waals surface area contributed by atoms with E-state index in [1.165, 1.54) is 4.90 Å². The van der Waals surface area contributed by atoms with E-state index < -0.39 is 11.5 Å². The van der Waals surface area contributed by atoms with Gasteiger partial charge in [0.2, 0.25) is 5.60 Å². The van der Waals surface area contributed by atoms with Crippen LogP contribution in [0.15, 0.2) is 41.1 Å². The molecule has 4 aromatic rings. The Morgan fingerprint density at radius 3 is 2.74 bits per heavy atom. The maximum atomic E-state index is 12.3. The fourth-order valence-electron chi connectivity index (χ4n) is 3.72. The van der Waals surface area contributed by atoms with E-state index in [-0.39, 0.29) is 12.2 Å². The van der Waals surface area contributed by atoms with Gasteiger partial charge in [0, 0.05) is 37.8 Å². The fourth-order valence-corrected chi connectivity index (χ4v) is 3.72. The molecular weight excluding hydrogens is 398 g/mol. The van der Waals surface area contributed by atoms with Gasteiger partial charge in [-0.05, 0) is 31.2 Å². The molecule has 1 aliphatic rings. The molecule has 1 fully saturated rings. The zero-order valence-electron chi connectivity index (χ0n) is 16.9. The molecule has 156 valence electrons. The van der Waals surface area contributed by atoms with Crippen molar-refractivity contribution in [1.82, 2.24) is 30.0 Å². The quantitative estimate of drug-likeness (QED) is 0.508. The lowest BCUT2D eigenvalue weighted by Gasteiger charge is -2.16. The molecule has 5 rings (SSSR count). The number of nitrogens with zero attached hydrogens (tertiary/aromatic N) is 6. The van der Waals surface area contributed by atoms with Crippen LogP contribution in [-0.4, -0.2) is 54.6 Å². The van der Waals surface area contributed by atoms with Crippen molar-refractivity contribution in [2.24, 2.45) is 0 Å². The Labute approximate surface area is 176 Å². The molecule has 5 heterocycles. The van der Waals surface area contributed by atoms with Crippen molar-refractivity contribution in [3.05, 3.63) is 48.1 Å². The Hall–Kier alpha value is -3.92. The summed E-state index contributed by atoms with van der Waals surface area (Å²) in [5.41, 5.74) is 7.87. The summed E-state index contributed by atoms with van der Waals surface area (Å²) in [6.45, 7) is 2.22. The first-order chi connectivity index (χ1) is 14.8. The summed E-state index contributed by atoms with van der Waals surface area (Å²) in [7, 11) is 1.64. The number of aliphatic hydroxyl groups is 1. The molecule has 0 radical (unpaired) electrons. The molecule has 31 heavy (non-hydrogen) atoms. The standard InChI is InChI=1S/C21H19N7O3/c1-11-24-14-4-3-13(26-18(14)19(22)25-11)16-9-12(5-7-23-16)15-10-17(31-27-15)21(30)6-8-28(2)20(21)29/h3-5,7,9-10,30H,6,8H2,1-2H3,(H2,22,24,25)/t21-/m1/s1. The monoisotopic (exact) mass is 417 g/mol. The second kappa shape index (κ2) is 6.81. The van der Waals surface area contributed by atoms with Crippen molar-refractivity contribution in [3.8, 4) is 22.6 Å². The Balaban J connectivity index is 1.51. The zero-order valence-corrected chi connectivity index (χ0v) is 16.9.